The Hall–Kier alpha value is -1.33. The van der Waals surface area contributed by atoms with Gasteiger partial charge < -0.3 is 15.2 Å². The van der Waals surface area contributed by atoms with Crippen molar-refractivity contribution < 1.29 is 13.9 Å². The Morgan fingerprint density at radius 1 is 1.59 bits per heavy atom. The molecule has 0 spiro atoms. The lowest BCUT2D eigenvalue weighted by molar-refractivity contribution is -0.0806. The molecule has 1 aromatic carbocycles. The summed E-state index contributed by atoms with van der Waals surface area (Å²) in [6.45, 7) is 0.922. The summed E-state index contributed by atoms with van der Waals surface area (Å²) < 4.78 is 24.0. The highest BCUT2D eigenvalue weighted by atomic mass is 35.5. The molecule has 1 aliphatic rings. The third-order valence-electron chi connectivity index (χ3n) is 2.24. The lowest BCUT2D eigenvalue weighted by Crippen LogP contribution is -2.38. The Bertz CT molecular complexity index is 435. The summed E-state index contributed by atoms with van der Waals surface area (Å²) in [5.41, 5.74) is 5.86. The van der Waals surface area contributed by atoms with Crippen LogP contribution in [-0.2, 0) is 4.74 Å². The van der Waals surface area contributed by atoms with E-state index in [1.807, 2.05) is 0 Å². The number of alkyl halides is 1. The quantitative estimate of drug-likeness (QED) is 0.509. The standard InChI is InChI=1S/C11H12ClFN2O2/c12-4-10(14)15-9-3-1-2-8(13)11(9)17-7-5-16-6-7/h1-3,7H,4-6H2,(H2,14,15). The number of halogens is 2. The molecule has 0 aromatic heterocycles. The summed E-state index contributed by atoms with van der Waals surface area (Å²) in [6, 6.07) is 4.47. The van der Waals surface area contributed by atoms with E-state index in [0.717, 1.165) is 0 Å². The molecule has 0 amide bonds. The molecule has 17 heavy (non-hydrogen) atoms. The predicted molar refractivity (Wildman–Crippen MR) is 63.6 cm³/mol. The molecule has 0 aliphatic carbocycles. The highest BCUT2D eigenvalue weighted by Crippen LogP contribution is 2.32. The Labute approximate surface area is 103 Å². The summed E-state index contributed by atoms with van der Waals surface area (Å²) in [5, 5.41) is 0. The van der Waals surface area contributed by atoms with Crippen LogP contribution in [0.15, 0.2) is 23.2 Å². The van der Waals surface area contributed by atoms with E-state index in [9.17, 15) is 4.39 Å². The van der Waals surface area contributed by atoms with Gasteiger partial charge in [-0.1, -0.05) is 6.07 Å². The zero-order chi connectivity index (χ0) is 12.3. The van der Waals surface area contributed by atoms with Crippen molar-refractivity contribution in [1.29, 1.82) is 0 Å². The number of hydrogen-bond acceptors (Lipinski definition) is 3. The highest BCUT2D eigenvalue weighted by Gasteiger charge is 2.23. The van der Waals surface area contributed by atoms with Gasteiger partial charge in [-0.3, -0.25) is 0 Å². The van der Waals surface area contributed by atoms with Crippen molar-refractivity contribution in [2.24, 2.45) is 10.7 Å². The molecule has 1 saturated heterocycles. The molecule has 1 fully saturated rings. The molecule has 0 unspecified atom stereocenters. The Morgan fingerprint density at radius 2 is 2.35 bits per heavy atom. The summed E-state index contributed by atoms with van der Waals surface area (Å²) in [6.07, 6.45) is -0.127. The van der Waals surface area contributed by atoms with Crippen LogP contribution in [0.2, 0.25) is 0 Å². The minimum atomic E-state index is -0.472. The van der Waals surface area contributed by atoms with Gasteiger partial charge in [-0.2, -0.15) is 0 Å². The molecule has 0 saturated carbocycles. The second kappa shape index (κ2) is 5.33. The molecule has 92 valence electrons. The maximum Gasteiger partial charge on any atom is 0.181 e. The van der Waals surface area contributed by atoms with Crippen LogP contribution in [0.5, 0.6) is 5.75 Å². The van der Waals surface area contributed by atoms with Gasteiger partial charge in [0, 0.05) is 0 Å². The summed E-state index contributed by atoms with van der Waals surface area (Å²) in [4.78, 5) is 4.01. The van der Waals surface area contributed by atoms with Crippen LogP contribution in [0.4, 0.5) is 10.1 Å². The number of aliphatic imine (C=N–C) groups is 1. The summed E-state index contributed by atoms with van der Waals surface area (Å²) >= 11 is 5.53. The van der Waals surface area contributed by atoms with Gasteiger partial charge in [-0.15, -0.1) is 11.6 Å². The molecule has 2 N–H and O–H groups in total. The van der Waals surface area contributed by atoms with Crippen LogP contribution in [0, 0.1) is 5.82 Å². The van der Waals surface area contributed by atoms with Crippen molar-refractivity contribution >= 4 is 23.1 Å². The second-order valence-corrected chi connectivity index (χ2v) is 3.87. The lowest BCUT2D eigenvalue weighted by Gasteiger charge is -2.27. The van der Waals surface area contributed by atoms with E-state index in [2.05, 4.69) is 4.99 Å². The van der Waals surface area contributed by atoms with E-state index in [0.29, 0.717) is 18.9 Å². The largest absolute Gasteiger partial charge is 0.480 e. The van der Waals surface area contributed by atoms with Crippen LogP contribution in [0.3, 0.4) is 0 Å². The molecule has 6 heteroatoms. The Kier molecular flexibility index (Phi) is 3.81. The molecule has 1 aromatic rings. The molecule has 0 bridgehead atoms. The minimum Gasteiger partial charge on any atom is -0.480 e. The van der Waals surface area contributed by atoms with Crippen molar-refractivity contribution in [3.63, 3.8) is 0 Å². The van der Waals surface area contributed by atoms with Crippen molar-refractivity contribution in [3.8, 4) is 5.75 Å². The molecular formula is C11H12ClFN2O2. The van der Waals surface area contributed by atoms with E-state index in [4.69, 9.17) is 26.8 Å². The Balaban J connectivity index is 2.26. The predicted octanol–water partition coefficient (Wildman–Crippen LogP) is 1.83. The van der Waals surface area contributed by atoms with Gasteiger partial charge in [-0.05, 0) is 12.1 Å². The van der Waals surface area contributed by atoms with Gasteiger partial charge in [0.05, 0.1) is 19.1 Å². The van der Waals surface area contributed by atoms with Gasteiger partial charge in [-0.25, -0.2) is 9.38 Å². The lowest BCUT2D eigenvalue weighted by atomic mass is 10.2. The maximum absolute atomic E-state index is 13.6. The van der Waals surface area contributed by atoms with Crippen molar-refractivity contribution in [2.75, 3.05) is 19.1 Å². The van der Waals surface area contributed by atoms with E-state index in [1.54, 1.807) is 12.1 Å². The number of benzene rings is 1. The third kappa shape index (κ3) is 2.87. The average Bonchev–Trinajstić information content (AvgIpc) is 2.25. The monoisotopic (exact) mass is 258 g/mol. The van der Waals surface area contributed by atoms with Crippen molar-refractivity contribution in [3.05, 3.63) is 24.0 Å². The van der Waals surface area contributed by atoms with Gasteiger partial charge in [0.2, 0.25) is 0 Å². The molecule has 4 nitrogen and oxygen atoms in total. The normalized spacial score (nSPS) is 16.7. The van der Waals surface area contributed by atoms with Gasteiger partial charge in [0.1, 0.15) is 17.6 Å². The summed E-state index contributed by atoms with van der Waals surface area (Å²) in [5.74, 6) is -0.0796. The van der Waals surface area contributed by atoms with E-state index in [1.165, 1.54) is 6.07 Å². The number of amidine groups is 1. The van der Waals surface area contributed by atoms with Gasteiger partial charge in [0.15, 0.2) is 11.6 Å². The Morgan fingerprint density at radius 3 is 2.94 bits per heavy atom. The first-order chi connectivity index (χ1) is 8.20. The van der Waals surface area contributed by atoms with Crippen LogP contribution < -0.4 is 10.5 Å². The molecule has 0 radical (unpaired) electrons. The fourth-order valence-electron chi connectivity index (χ4n) is 1.34. The zero-order valence-electron chi connectivity index (χ0n) is 9.03. The maximum atomic E-state index is 13.6. The molecular weight excluding hydrogens is 247 g/mol. The summed E-state index contributed by atoms with van der Waals surface area (Å²) in [7, 11) is 0. The highest BCUT2D eigenvalue weighted by molar-refractivity contribution is 6.28. The van der Waals surface area contributed by atoms with E-state index < -0.39 is 5.82 Å². The first-order valence-corrected chi connectivity index (χ1v) is 5.66. The average molecular weight is 259 g/mol. The number of nitrogens with two attached hydrogens (primary N) is 1. The zero-order valence-corrected chi connectivity index (χ0v) is 9.78. The van der Waals surface area contributed by atoms with Crippen LogP contribution in [-0.4, -0.2) is 31.0 Å². The fraction of sp³-hybridized carbons (Fsp3) is 0.364. The molecule has 0 atom stereocenters. The third-order valence-corrected chi connectivity index (χ3v) is 2.51. The number of nitrogens with zero attached hydrogens (tertiary/aromatic N) is 1. The van der Waals surface area contributed by atoms with Crippen molar-refractivity contribution in [2.45, 2.75) is 6.10 Å². The number of para-hydroxylation sites is 1. The van der Waals surface area contributed by atoms with Crippen LogP contribution in [0.1, 0.15) is 0 Å². The van der Waals surface area contributed by atoms with E-state index >= 15 is 0 Å². The van der Waals surface area contributed by atoms with Crippen molar-refractivity contribution in [1.82, 2.24) is 0 Å². The molecule has 1 aliphatic heterocycles. The van der Waals surface area contributed by atoms with Gasteiger partial charge in [0.25, 0.3) is 0 Å². The van der Waals surface area contributed by atoms with Crippen LogP contribution >= 0.6 is 11.6 Å². The molecule has 2 rings (SSSR count). The van der Waals surface area contributed by atoms with Crippen LogP contribution in [0.25, 0.3) is 0 Å². The smallest absolute Gasteiger partial charge is 0.181 e. The SMILES string of the molecule is NC(CCl)=Nc1cccc(F)c1OC1COC1. The number of ether oxygens (including phenoxy) is 2. The fourth-order valence-corrected chi connectivity index (χ4v) is 1.40. The first kappa shape index (κ1) is 12.1. The minimum absolute atomic E-state index is 0.0858. The molecule has 1 heterocycles. The topological polar surface area (TPSA) is 56.8 Å². The second-order valence-electron chi connectivity index (χ2n) is 3.60. The van der Waals surface area contributed by atoms with Gasteiger partial charge >= 0.3 is 0 Å². The number of hydrogen-bond donors (Lipinski definition) is 1. The van der Waals surface area contributed by atoms with E-state index in [-0.39, 0.29) is 23.6 Å². The number of rotatable bonds is 4. The first-order valence-electron chi connectivity index (χ1n) is 5.12.